The Labute approximate surface area is 187 Å². The molecule has 0 spiro atoms. The summed E-state index contributed by atoms with van der Waals surface area (Å²) >= 11 is 0. The van der Waals surface area contributed by atoms with Crippen molar-refractivity contribution in [3.8, 4) is 0 Å². The fourth-order valence-corrected chi connectivity index (χ4v) is 4.15. The number of amides is 1. The Bertz CT molecular complexity index is 871. The number of nitrogens with zero attached hydrogens (tertiary/aromatic N) is 1. The quantitative estimate of drug-likeness (QED) is 0.395. The van der Waals surface area contributed by atoms with Gasteiger partial charge in [0, 0.05) is 43.4 Å². The topological polar surface area (TPSA) is 49.4 Å². The molecule has 1 aliphatic carbocycles. The molecule has 1 N–H and O–H groups in total. The van der Waals surface area contributed by atoms with Crippen molar-refractivity contribution in [2.24, 2.45) is 5.92 Å². The van der Waals surface area contributed by atoms with Crippen molar-refractivity contribution in [2.45, 2.75) is 51.4 Å². The molecule has 0 saturated heterocycles. The molecule has 0 aliphatic heterocycles. The summed E-state index contributed by atoms with van der Waals surface area (Å²) < 4.78 is 0. The van der Waals surface area contributed by atoms with Gasteiger partial charge in [-0.3, -0.25) is 9.59 Å². The molecule has 2 rings (SSSR count). The second kappa shape index (κ2) is 11.5. The molecule has 0 saturated carbocycles. The zero-order valence-corrected chi connectivity index (χ0v) is 19.2. The van der Waals surface area contributed by atoms with Gasteiger partial charge < -0.3 is 10.2 Å². The lowest BCUT2D eigenvalue weighted by Gasteiger charge is -2.27. The average molecular weight is 421 g/mol. The summed E-state index contributed by atoms with van der Waals surface area (Å²) in [7, 11) is 3.56. The number of hydrogen-bond acceptors (Lipinski definition) is 3. The minimum Gasteiger partial charge on any atom is -0.391 e. The van der Waals surface area contributed by atoms with Gasteiger partial charge in [-0.1, -0.05) is 44.0 Å². The molecule has 0 fully saturated rings. The molecule has 31 heavy (non-hydrogen) atoms. The average Bonchev–Trinajstić information content (AvgIpc) is 3.07. The first-order chi connectivity index (χ1) is 14.8. The zero-order chi connectivity index (χ0) is 23.0. The van der Waals surface area contributed by atoms with Crippen LogP contribution in [-0.4, -0.2) is 25.8 Å². The van der Waals surface area contributed by atoms with Crippen LogP contribution in [0.15, 0.2) is 67.4 Å². The number of aryl methyl sites for hydroxylation is 1. The summed E-state index contributed by atoms with van der Waals surface area (Å²) in [6, 6.07) is 6.44. The van der Waals surface area contributed by atoms with Crippen LogP contribution >= 0.6 is 0 Å². The van der Waals surface area contributed by atoms with E-state index in [0.29, 0.717) is 30.0 Å². The molecule has 1 amide bonds. The molecular formula is C27H36N2O2. The molecule has 1 aromatic rings. The van der Waals surface area contributed by atoms with Gasteiger partial charge in [0.25, 0.3) is 5.91 Å². The highest BCUT2D eigenvalue weighted by Gasteiger charge is 2.26. The highest BCUT2D eigenvalue weighted by atomic mass is 16.2. The molecule has 0 bridgehead atoms. The summed E-state index contributed by atoms with van der Waals surface area (Å²) in [4.78, 5) is 26.8. The maximum atomic E-state index is 13.4. The van der Waals surface area contributed by atoms with E-state index in [-0.39, 0.29) is 17.6 Å². The Morgan fingerprint density at radius 2 is 1.87 bits per heavy atom. The van der Waals surface area contributed by atoms with Crippen LogP contribution in [-0.2, 0) is 9.59 Å². The smallest absolute Gasteiger partial charge is 0.254 e. The number of benzene rings is 1. The van der Waals surface area contributed by atoms with Crippen LogP contribution in [0.25, 0.3) is 0 Å². The number of carbonyl (C=O) groups is 2. The lowest BCUT2D eigenvalue weighted by atomic mass is 9.89. The number of anilines is 1. The molecule has 0 radical (unpaired) electrons. The van der Waals surface area contributed by atoms with Crippen molar-refractivity contribution >= 4 is 17.4 Å². The van der Waals surface area contributed by atoms with Gasteiger partial charge in [-0.15, -0.1) is 0 Å². The first kappa shape index (κ1) is 24.4. The molecule has 4 nitrogen and oxygen atoms in total. The van der Waals surface area contributed by atoms with Crippen LogP contribution in [0.4, 0.5) is 5.69 Å². The van der Waals surface area contributed by atoms with Gasteiger partial charge in [0.2, 0.25) is 0 Å². The van der Waals surface area contributed by atoms with Crippen molar-refractivity contribution < 1.29 is 9.59 Å². The summed E-state index contributed by atoms with van der Waals surface area (Å²) in [5.41, 5.74) is 4.34. The van der Waals surface area contributed by atoms with Gasteiger partial charge in [-0.2, -0.15) is 0 Å². The van der Waals surface area contributed by atoms with Gasteiger partial charge in [0.1, 0.15) is 0 Å². The standard InChI is InChI=1S/C27H36N2O2/c1-7-24(30)16-17-25(21(4)28-5)20(3)27(31)29(6)26-18-23(15-14-19(26)2)22-12-10-8-9-11-13-22/h7-9,14-15,18,22,25,28H,1,3-4,10-13,16-17H2,2,5-6H3. The number of likely N-dealkylation sites (N-methyl/N-ethyl adjacent to an activating group) is 1. The molecule has 1 aromatic carbocycles. The molecule has 0 heterocycles. The molecule has 1 atom stereocenters. The van der Waals surface area contributed by atoms with E-state index in [4.69, 9.17) is 0 Å². The second-order valence-corrected chi connectivity index (χ2v) is 8.30. The fraction of sp³-hybridized carbons (Fsp3) is 0.407. The van der Waals surface area contributed by atoms with Gasteiger partial charge in [-0.05, 0) is 68.2 Å². The second-order valence-electron chi connectivity index (χ2n) is 8.30. The number of nitrogens with one attached hydrogen (secondary N) is 1. The van der Waals surface area contributed by atoms with Gasteiger partial charge >= 0.3 is 0 Å². The predicted molar refractivity (Wildman–Crippen MR) is 130 cm³/mol. The Morgan fingerprint density at radius 1 is 1.23 bits per heavy atom. The lowest BCUT2D eigenvalue weighted by Crippen LogP contribution is -2.33. The first-order valence-corrected chi connectivity index (χ1v) is 11.0. The largest absolute Gasteiger partial charge is 0.391 e. The van der Waals surface area contributed by atoms with Crippen LogP contribution in [0.1, 0.15) is 55.6 Å². The van der Waals surface area contributed by atoms with Crippen LogP contribution in [0.3, 0.4) is 0 Å². The minimum absolute atomic E-state index is 0.0519. The van der Waals surface area contributed by atoms with Gasteiger partial charge in [0.05, 0.1) is 0 Å². The molecular weight excluding hydrogens is 384 g/mol. The minimum atomic E-state index is -0.319. The number of carbonyl (C=O) groups excluding carboxylic acids is 2. The van der Waals surface area contributed by atoms with E-state index in [1.54, 1.807) is 19.0 Å². The SMILES string of the molecule is C=CC(=O)CCC(C(=C)NC)C(=C)C(=O)N(C)c1cc(C2CCC=CCC2)ccc1C. The molecule has 1 unspecified atom stereocenters. The maximum absolute atomic E-state index is 13.4. The van der Waals surface area contributed by atoms with Crippen LogP contribution in [0, 0.1) is 12.8 Å². The van der Waals surface area contributed by atoms with Gasteiger partial charge in [-0.25, -0.2) is 0 Å². The molecule has 4 heteroatoms. The molecule has 1 aliphatic rings. The maximum Gasteiger partial charge on any atom is 0.254 e. The highest BCUT2D eigenvalue weighted by molar-refractivity contribution is 6.06. The highest BCUT2D eigenvalue weighted by Crippen LogP contribution is 2.33. The third-order valence-corrected chi connectivity index (χ3v) is 6.25. The summed E-state index contributed by atoms with van der Waals surface area (Å²) in [6.45, 7) is 13.7. The Morgan fingerprint density at radius 3 is 2.45 bits per heavy atom. The summed E-state index contributed by atoms with van der Waals surface area (Å²) in [5, 5.41) is 3.02. The van der Waals surface area contributed by atoms with E-state index in [1.807, 2.05) is 6.92 Å². The Hall–Kier alpha value is -2.88. The molecule has 166 valence electrons. The van der Waals surface area contributed by atoms with E-state index in [0.717, 1.165) is 36.9 Å². The Kier molecular flexibility index (Phi) is 9.04. The van der Waals surface area contributed by atoms with Crippen LogP contribution < -0.4 is 10.2 Å². The van der Waals surface area contributed by atoms with Gasteiger partial charge in [0.15, 0.2) is 5.78 Å². The lowest BCUT2D eigenvalue weighted by molar-refractivity contribution is -0.116. The third kappa shape index (κ3) is 6.30. The molecule has 0 aromatic heterocycles. The normalized spacial score (nSPS) is 14.9. The van der Waals surface area contributed by atoms with Crippen molar-refractivity contribution in [3.63, 3.8) is 0 Å². The number of ketones is 1. The fourth-order valence-electron chi connectivity index (χ4n) is 4.15. The van der Waals surface area contributed by atoms with Crippen LogP contribution in [0.5, 0.6) is 0 Å². The van der Waals surface area contributed by atoms with Crippen molar-refractivity contribution in [1.29, 1.82) is 0 Å². The van der Waals surface area contributed by atoms with E-state index < -0.39 is 0 Å². The zero-order valence-electron chi connectivity index (χ0n) is 19.2. The van der Waals surface area contributed by atoms with E-state index in [1.165, 1.54) is 11.6 Å². The Balaban J connectivity index is 2.24. The van der Waals surface area contributed by atoms with Crippen molar-refractivity contribution in [2.75, 3.05) is 19.0 Å². The van der Waals surface area contributed by atoms with Crippen molar-refractivity contribution in [1.82, 2.24) is 5.32 Å². The summed E-state index contributed by atoms with van der Waals surface area (Å²) in [5.74, 6) is -0.0257. The number of hydrogen-bond donors (Lipinski definition) is 1. The number of allylic oxidation sites excluding steroid dienone is 4. The monoisotopic (exact) mass is 420 g/mol. The van der Waals surface area contributed by atoms with E-state index in [9.17, 15) is 9.59 Å². The summed E-state index contributed by atoms with van der Waals surface area (Å²) in [6.07, 6.45) is 11.1. The number of rotatable bonds is 10. The predicted octanol–water partition coefficient (Wildman–Crippen LogP) is 5.61. The first-order valence-electron chi connectivity index (χ1n) is 11.0. The van der Waals surface area contributed by atoms with Crippen molar-refractivity contribution in [3.05, 3.63) is 78.6 Å². The van der Waals surface area contributed by atoms with E-state index >= 15 is 0 Å². The van der Waals surface area contributed by atoms with Crippen LogP contribution in [0.2, 0.25) is 0 Å². The third-order valence-electron chi connectivity index (χ3n) is 6.25. The van der Waals surface area contributed by atoms with E-state index in [2.05, 4.69) is 55.4 Å².